The van der Waals surface area contributed by atoms with Crippen LogP contribution < -0.4 is 15.1 Å². The summed E-state index contributed by atoms with van der Waals surface area (Å²) in [7, 11) is 0. The van der Waals surface area contributed by atoms with Crippen LogP contribution in [0.1, 0.15) is 18.7 Å². The Kier molecular flexibility index (Phi) is 5.61. The Morgan fingerprint density at radius 3 is 2.71 bits per heavy atom. The molecular formula is C21H26N8O2. The highest BCUT2D eigenvalue weighted by molar-refractivity contribution is 5.69. The van der Waals surface area contributed by atoms with E-state index in [-0.39, 0.29) is 6.04 Å². The predicted molar refractivity (Wildman–Crippen MR) is 116 cm³/mol. The van der Waals surface area contributed by atoms with E-state index in [0.717, 1.165) is 75.3 Å². The van der Waals surface area contributed by atoms with Crippen molar-refractivity contribution in [3.63, 3.8) is 0 Å². The molecule has 2 saturated heterocycles. The van der Waals surface area contributed by atoms with Crippen LogP contribution in [0.5, 0.6) is 0 Å². The first kappa shape index (κ1) is 19.7. The second kappa shape index (κ2) is 8.84. The number of hydrogen-bond acceptors (Lipinski definition) is 10. The quantitative estimate of drug-likeness (QED) is 0.657. The maximum Gasteiger partial charge on any atom is 0.261 e. The van der Waals surface area contributed by atoms with Gasteiger partial charge < -0.3 is 24.4 Å². The van der Waals surface area contributed by atoms with Gasteiger partial charge in [-0.15, -0.1) is 0 Å². The normalized spacial score (nSPS) is 19.5. The lowest BCUT2D eigenvalue weighted by Gasteiger charge is -2.35. The van der Waals surface area contributed by atoms with Crippen LogP contribution in [-0.2, 0) is 4.74 Å². The third-order valence-electron chi connectivity index (χ3n) is 5.63. The molecule has 162 valence electrons. The molecule has 0 saturated carbocycles. The molecule has 5 rings (SSSR count). The number of aryl methyl sites for hydroxylation is 1. The fourth-order valence-electron chi connectivity index (χ4n) is 4.07. The van der Waals surface area contributed by atoms with E-state index in [1.165, 1.54) is 0 Å². The molecule has 0 radical (unpaired) electrons. The number of piperidine rings is 1. The van der Waals surface area contributed by atoms with Gasteiger partial charge in [0.05, 0.1) is 18.8 Å². The van der Waals surface area contributed by atoms with Gasteiger partial charge in [-0.25, -0.2) is 15.0 Å². The van der Waals surface area contributed by atoms with E-state index in [4.69, 9.17) is 9.26 Å². The van der Waals surface area contributed by atoms with E-state index in [2.05, 4.69) is 46.3 Å². The largest absolute Gasteiger partial charge is 0.378 e. The summed E-state index contributed by atoms with van der Waals surface area (Å²) < 4.78 is 10.8. The Balaban J connectivity index is 1.31. The lowest BCUT2D eigenvalue weighted by atomic mass is 10.1. The summed E-state index contributed by atoms with van der Waals surface area (Å²) in [6, 6.07) is 6.14. The zero-order valence-corrected chi connectivity index (χ0v) is 17.6. The average Bonchev–Trinajstić information content (AvgIpc) is 3.26. The molecule has 3 aromatic heterocycles. The molecule has 2 fully saturated rings. The van der Waals surface area contributed by atoms with Crippen LogP contribution in [-0.4, -0.2) is 70.5 Å². The Bertz CT molecular complexity index is 1020. The minimum Gasteiger partial charge on any atom is -0.378 e. The number of ether oxygens (including phenoxy) is 1. The third kappa shape index (κ3) is 4.43. The lowest BCUT2D eigenvalue weighted by Crippen LogP contribution is -2.43. The van der Waals surface area contributed by atoms with Gasteiger partial charge in [-0.3, -0.25) is 0 Å². The highest BCUT2D eigenvalue weighted by atomic mass is 16.5. The van der Waals surface area contributed by atoms with Crippen LogP contribution >= 0.6 is 0 Å². The number of anilines is 3. The minimum absolute atomic E-state index is 0.230. The van der Waals surface area contributed by atoms with Crippen molar-refractivity contribution < 1.29 is 9.26 Å². The standard InChI is InChI=1S/C21H26N8O2/c1-15-25-21(31-27-15)17-5-2-6-22-20(17)26-16-4-3-7-29(13-16)19-12-18(23-14-24-19)28-8-10-30-11-9-28/h2,5-6,12,14,16H,3-4,7-11,13H2,1H3,(H,22,26). The van der Waals surface area contributed by atoms with Crippen molar-refractivity contribution in [3.8, 4) is 11.5 Å². The number of pyridine rings is 1. The third-order valence-corrected chi connectivity index (χ3v) is 5.63. The molecule has 0 amide bonds. The van der Waals surface area contributed by atoms with Gasteiger partial charge in [0, 0.05) is 44.5 Å². The Hall–Kier alpha value is -3.27. The monoisotopic (exact) mass is 422 g/mol. The summed E-state index contributed by atoms with van der Waals surface area (Å²) in [6.45, 7) is 6.80. The van der Waals surface area contributed by atoms with Crippen molar-refractivity contribution in [2.75, 3.05) is 54.5 Å². The zero-order valence-electron chi connectivity index (χ0n) is 17.6. The van der Waals surface area contributed by atoms with Crippen molar-refractivity contribution in [1.82, 2.24) is 25.1 Å². The Morgan fingerprint density at radius 2 is 1.90 bits per heavy atom. The average molecular weight is 422 g/mol. The van der Waals surface area contributed by atoms with E-state index in [1.807, 2.05) is 19.1 Å². The van der Waals surface area contributed by atoms with Gasteiger partial charge in [-0.1, -0.05) is 5.16 Å². The molecule has 31 heavy (non-hydrogen) atoms. The van der Waals surface area contributed by atoms with Crippen LogP contribution in [0.4, 0.5) is 17.5 Å². The van der Waals surface area contributed by atoms with Crippen LogP contribution in [0, 0.1) is 6.92 Å². The Morgan fingerprint density at radius 1 is 1.06 bits per heavy atom. The van der Waals surface area contributed by atoms with E-state index >= 15 is 0 Å². The fraction of sp³-hybridized carbons (Fsp3) is 0.476. The molecule has 5 heterocycles. The summed E-state index contributed by atoms with van der Waals surface area (Å²) in [5, 5.41) is 7.49. The molecule has 0 aliphatic carbocycles. The summed E-state index contributed by atoms with van der Waals surface area (Å²) in [5.74, 6) is 3.76. The zero-order chi connectivity index (χ0) is 21.0. The molecular weight excluding hydrogens is 396 g/mol. The first-order chi connectivity index (χ1) is 15.3. The second-order valence-electron chi connectivity index (χ2n) is 7.81. The van der Waals surface area contributed by atoms with Crippen LogP contribution in [0.25, 0.3) is 11.5 Å². The fourth-order valence-corrected chi connectivity index (χ4v) is 4.07. The number of nitrogens with one attached hydrogen (secondary N) is 1. The maximum atomic E-state index is 5.46. The second-order valence-corrected chi connectivity index (χ2v) is 7.81. The van der Waals surface area contributed by atoms with Gasteiger partial charge in [-0.05, 0) is 31.9 Å². The molecule has 0 spiro atoms. The maximum absolute atomic E-state index is 5.46. The molecule has 2 aliphatic heterocycles. The van der Waals surface area contributed by atoms with E-state index in [1.54, 1.807) is 12.5 Å². The number of rotatable bonds is 5. The molecule has 1 N–H and O–H groups in total. The SMILES string of the molecule is Cc1noc(-c2cccnc2NC2CCCN(c3cc(N4CCOCC4)ncn3)C2)n1. The molecule has 1 unspecified atom stereocenters. The summed E-state index contributed by atoms with van der Waals surface area (Å²) >= 11 is 0. The minimum atomic E-state index is 0.230. The van der Waals surface area contributed by atoms with Crippen molar-refractivity contribution in [2.24, 2.45) is 0 Å². The molecule has 10 nitrogen and oxygen atoms in total. The van der Waals surface area contributed by atoms with Gasteiger partial charge in [0.25, 0.3) is 5.89 Å². The highest BCUT2D eigenvalue weighted by Crippen LogP contribution is 2.27. The Labute approximate surface area is 180 Å². The molecule has 0 bridgehead atoms. The molecule has 1 atom stereocenters. The first-order valence-electron chi connectivity index (χ1n) is 10.7. The van der Waals surface area contributed by atoms with E-state index in [9.17, 15) is 0 Å². The van der Waals surface area contributed by atoms with Crippen molar-refractivity contribution in [3.05, 3.63) is 36.5 Å². The smallest absolute Gasteiger partial charge is 0.261 e. The highest BCUT2D eigenvalue weighted by Gasteiger charge is 2.24. The predicted octanol–water partition coefficient (Wildman–Crippen LogP) is 2.15. The van der Waals surface area contributed by atoms with Gasteiger partial charge in [0.1, 0.15) is 23.8 Å². The number of aromatic nitrogens is 5. The van der Waals surface area contributed by atoms with Crippen LogP contribution in [0.15, 0.2) is 35.2 Å². The van der Waals surface area contributed by atoms with Crippen LogP contribution in [0.3, 0.4) is 0 Å². The number of morpholine rings is 1. The van der Waals surface area contributed by atoms with Crippen LogP contribution in [0.2, 0.25) is 0 Å². The molecule has 10 heteroatoms. The first-order valence-corrected chi connectivity index (χ1v) is 10.7. The summed E-state index contributed by atoms with van der Waals surface area (Å²) in [5.41, 5.74) is 0.817. The molecule has 2 aliphatic rings. The van der Waals surface area contributed by atoms with Gasteiger partial charge in [0.2, 0.25) is 0 Å². The van der Waals surface area contributed by atoms with Crippen molar-refractivity contribution in [1.29, 1.82) is 0 Å². The van der Waals surface area contributed by atoms with Gasteiger partial charge in [-0.2, -0.15) is 4.98 Å². The van der Waals surface area contributed by atoms with Gasteiger partial charge >= 0.3 is 0 Å². The molecule has 0 aromatic carbocycles. The van der Waals surface area contributed by atoms with E-state index < -0.39 is 0 Å². The van der Waals surface area contributed by atoms with Gasteiger partial charge in [0.15, 0.2) is 5.82 Å². The number of hydrogen-bond donors (Lipinski definition) is 1. The van der Waals surface area contributed by atoms with Crippen molar-refractivity contribution in [2.45, 2.75) is 25.8 Å². The molecule has 3 aromatic rings. The lowest BCUT2D eigenvalue weighted by molar-refractivity contribution is 0.122. The summed E-state index contributed by atoms with van der Waals surface area (Å²) in [6.07, 6.45) is 5.55. The topological polar surface area (TPSA) is 105 Å². The summed E-state index contributed by atoms with van der Waals surface area (Å²) in [4.78, 5) is 22.5. The van der Waals surface area contributed by atoms with Crippen molar-refractivity contribution >= 4 is 17.5 Å². The number of nitrogens with zero attached hydrogens (tertiary/aromatic N) is 7. The van der Waals surface area contributed by atoms with E-state index in [0.29, 0.717) is 11.7 Å².